The number of hydrogen-bond acceptors (Lipinski definition) is 5. The number of aromatic nitrogens is 2. The summed E-state index contributed by atoms with van der Waals surface area (Å²) in [6, 6.07) is 5.14. The Balaban J connectivity index is 2.68. The van der Waals surface area contributed by atoms with E-state index in [9.17, 15) is 8.42 Å². The van der Waals surface area contributed by atoms with Crippen LogP contribution in [0.25, 0.3) is 11.0 Å². The van der Waals surface area contributed by atoms with Gasteiger partial charge in [0.1, 0.15) is 5.52 Å². The molecule has 110 valence electrons. The summed E-state index contributed by atoms with van der Waals surface area (Å²) in [5.74, 6) is 0.346. The lowest BCUT2D eigenvalue weighted by atomic mass is 10.2. The van der Waals surface area contributed by atoms with Crippen molar-refractivity contribution in [1.29, 1.82) is 0 Å². The van der Waals surface area contributed by atoms with Crippen molar-refractivity contribution in [3.8, 4) is 0 Å². The maximum atomic E-state index is 11.8. The number of nitrogens with zero attached hydrogens (tertiary/aromatic N) is 2. The quantitative estimate of drug-likeness (QED) is 0.936. The number of nitrogen functional groups attached to an aromatic ring is 1. The second-order valence-electron chi connectivity index (χ2n) is 5.42. The normalized spacial score (nSPS) is 13.0. The molecule has 0 bridgehead atoms. The summed E-state index contributed by atoms with van der Waals surface area (Å²) in [7, 11) is -3.32. The van der Waals surface area contributed by atoms with E-state index in [0.717, 1.165) is 5.52 Å². The zero-order valence-corrected chi connectivity index (χ0v) is 13.7. The molecule has 0 amide bonds. The number of rotatable bonds is 4. The highest BCUT2D eigenvalue weighted by atomic mass is 32.2. The zero-order valence-electron chi connectivity index (χ0n) is 12.0. The zero-order chi connectivity index (χ0) is 15.1. The van der Waals surface area contributed by atoms with Crippen molar-refractivity contribution < 1.29 is 8.42 Å². The fourth-order valence-corrected chi connectivity index (χ4v) is 3.14. The molecule has 0 saturated carbocycles. The predicted molar refractivity (Wildman–Crippen MR) is 84.8 cm³/mol. The minimum absolute atomic E-state index is 0.0111. The van der Waals surface area contributed by atoms with Crippen molar-refractivity contribution >= 4 is 38.6 Å². The molecule has 0 radical (unpaired) electrons. The number of imidazole rings is 1. The van der Waals surface area contributed by atoms with E-state index in [4.69, 9.17) is 5.73 Å². The number of nitrogens with two attached hydrogens (primary N) is 1. The van der Waals surface area contributed by atoms with E-state index in [1.54, 1.807) is 23.9 Å². The molecule has 5 nitrogen and oxygen atoms in total. The second kappa shape index (κ2) is 4.96. The third-order valence-corrected chi connectivity index (χ3v) is 5.62. The van der Waals surface area contributed by atoms with Crippen LogP contribution < -0.4 is 5.73 Å². The van der Waals surface area contributed by atoms with Crippen molar-refractivity contribution in [1.82, 2.24) is 9.55 Å². The molecule has 7 heteroatoms. The Morgan fingerprint density at radius 3 is 2.60 bits per heavy atom. The highest BCUT2D eigenvalue weighted by molar-refractivity contribution is 7.99. The van der Waals surface area contributed by atoms with Crippen LogP contribution in [0.1, 0.15) is 13.8 Å². The van der Waals surface area contributed by atoms with Gasteiger partial charge in [0.25, 0.3) is 0 Å². The molecule has 2 aromatic rings. The van der Waals surface area contributed by atoms with Crippen LogP contribution in [0.3, 0.4) is 0 Å². The van der Waals surface area contributed by atoms with E-state index in [1.165, 1.54) is 6.26 Å². The van der Waals surface area contributed by atoms with E-state index in [-0.39, 0.29) is 9.64 Å². The van der Waals surface area contributed by atoms with Crippen LogP contribution in [-0.4, -0.2) is 35.2 Å². The minimum atomic E-state index is -3.32. The molecule has 2 rings (SSSR count). The van der Waals surface area contributed by atoms with Gasteiger partial charge in [-0.2, -0.15) is 11.8 Å². The molecule has 0 aliphatic heterocycles. The molecule has 2 N–H and O–H groups in total. The first-order chi connectivity index (χ1) is 9.15. The van der Waals surface area contributed by atoms with Gasteiger partial charge in [0.05, 0.1) is 10.4 Å². The van der Waals surface area contributed by atoms with E-state index >= 15 is 0 Å². The maximum absolute atomic E-state index is 11.8. The SMILES string of the molecule is CSC(C)(C)Cn1c(N)nc2c(S(C)(=O)=O)cccc21. The number of anilines is 1. The van der Waals surface area contributed by atoms with Gasteiger partial charge in [-0.3, -0.25) is 0 Å². The summed E-state index contributed by atoms with van der Waals surface area (Å²) in [6.45, 7) is 4.90. The summed E-state index contributed by atoms with van der Waals surface area (Å²) in [4.78, 5) is 4.47. The van der Waals surface area contributed by atoms with Crippen molar-refractivity contribution in [3.63, 3.8) is 0 Å². The standard InChI is InChI=1S/C13H19N3O2S2/c1-13(2,19-3)8-16-9-6-5-7-10(20(4,17)18)11(9)15-12(16)14/h5-7H,8H2,1-4H3,(H2,14,15). The van der Waals surface area contributed by atoms with Crippen LogP contribution in [0.5, 0.6) is 0 Å². The number of sulfone groups is 1. The van der Waals surface area contributed by atoms with Crippen LogP contribution in [0.4, 0.5) is 5.95 Å². The second-order valence-corrected chi connectivity index (χ2v) is 8.91. The van der Waals surface area contributed by atoms with Gasteiger partial charge in [0.15, 0.2) is 9.84 Å². The Morgan fingerprint density at radius 1 is 1.40 bits per heavy atom. The highest BCUT2D eigenvalue weighted by Gasteiger charge is 2.22. The monoisotopic (exact) mass is 313 g/mol. The molecular formula is C13H19N3O2S2. The average Bonchev–Trinajstić information content (AvgIpc) is 2.64. The van der Waals surface area contributed by atoms with E-state index in [0.29, 0.717) is 18.0 Å². The molecule has 1 heterocycles. The van der Waals surface area contributed by atoms with Crippen LogP contribution >= 0.6 is 11.8 Å². The molecule has 1 aromatic carbocycles. The smallest absolute Gasteiger partial charge is 0.201 e. The van der Waals surface area contributed by atoms with E-state index in [2.05, 4.69) is 18.8 Å². The lowest BCUT2D eigenvalue weighted by Gasteiger charge is -2.23. The van der Waals surface area contributed by atoms with E-state index in [1.807, 2.05) is 16.9 Å². The van der Waals surface area contributed by atoms with Crippen molar-refractivity contribution in [2.75, 3.05) is 18.2 Å². The summed E-state index contributed by atoms with van der Waals surface area (Å²) >= 11 is 1.73. The van der Waals surface area contributed by atoms with Gasteiger partial charge in [0.2, 0.25) is 5.95 Å². The van der Waals surface area contributed by atoms with Gasteiger partial charge in [-0.15, -0.1) is 0 Å². The largest absolute Gasteiger partial charge is 0.369 e. The van der Waals surface area contributed by atoms with Crippen LogP contribution in [0.2, 0.25) is 0 Å². The minimum Gasteiger partial charge on any atom is -0.369 e. The van der Waals surface area contributed by atoms with E-state index < -0.39 is 9.84 Å². The maximum Gasteiger partial charge on any atom is 0.201 e. The van der Waals surface area contributed by atoms with Gasteiger partial charge < -0.3 is 10.3 Å². The molecule has 0 spiro atoms. The highest BCUT2D eigenvalue weighted by Crippen LogP contribution is 2.29. The number of para-hydroxylation sites is 1. The van der Waals surface area contributed by atoms with Crippen molar-refractivity contribution in [3.05, 3.63) is 18.2 Å². The average molecular weight is 313 g/mol. The third-order valence-electron chi connectivity index (χ3n) is 3.26. The summed E-state index contributed by atoms with van der Waals surface area (Å²) in [6.07, 6.45) is 3.22. The fourth-order valence-electron chi connectivity index (χ4n) is 2.05. The van der Waals surface area contributed by atoms with Gasteiger partial charge in [-0.1, -0.05) is 6.07 Å². The van der Waals surface area contributed by atoms with Crippen LogP contribution in [-0.2, 0) is 16.4 Å². The molecule has 20 heavy (non-hydrogen) atoms. The number of fused-ring (bicyclic) bond motifs is 1. The lowest BCUT2D eigenvalue weighted by molar-refractivity contribution is 0.585. The first-order valence-corrected chi connectivity index (χ1v) is 9.27. The molecule has 0 fully saturated rings. The number of hydrogen-bond donors (Lipinski definition) is 1. The molecule has 0 aliphatic rings. The fraction of sp³-hybridized carbons (Fsp3) is 0.462. The Hall–Kier alpha value is -1.21. The van der Waals surface area contributed by atoms with Crippen LogP contribution in [0.15, 0.2) is 23.1 Å². The topological polar surface area (TPSA) is 78.0 Å². The summed E-state index contributed by atoms with van der Waals surface area (Å²) < 4.78 is 25.5. The molecule has 0 saturated heterocycles. The van der Waals surface area contributed by atoms with Crippen molar-refractivity contribution in [2.45, 2.75) is 30.0 Å². The molecule has 1 aromatic heterocycles. The summed E-state index contributed by atoms with van der Waals surface area (Å²) in [5.41, 5.74) is 7.18. The Kier molecular flexibility index (Phi) is 3.77. The number of thioether (sulfide) groups is 1. The molecular weight excluding hydrogens is 294 g/mol. The van der Waals surface area contributed by atoms with Gasteiger partial charge in [-0.25, -0.2) is 13.4 Å². The lowest BCUT2D eigenvalue weighted by Crippen LogP contribution is -2.23. The Morgan fingerprint density at radius 2 is 2.05 bits per heavy atom. The molecule has 0 aliphatic carbocycles. The van der Waals surface area contributed by atoms with Crippen LogP contribution in [0, 0.1) is 0 Å². The predicted octanol–water partition coefficient (Wildman–Crippen LogP) is 2.16. The van der Waals surface area contributed by atoms with Crippen molar-refractivity contribution in [2.24, 2.45) is 0 Å². The van der Waals surface area contributed by atoms with Gasteiger partial charge in [0, 0.05) is 17.5 Å². The van der Waals surface area contributed by atoms with Gasteiger partial charge >= 0.3 is 0 Å². The molecule has 0 atom stereocenters. The van der Waals surface area contributed by atoms with Gasteiger partial charge in [-0.05, 0) is 32.2 Å². The number of benzene rings is 1. The first kappa shape index (κ1) is 15.2. The third kappa shape index (κ3) is 2.78. The Labute approximate surface area is 123 Å². The first-order valence-electron chi connectivity index (χ1n) is 6.15. The Bertz CT molecular complexity index is 748. The molecule has 0 unspecified atom stereocenters. The summed E-state index contributed by atoms with van der Waals surface area (Å²) in [5, 5.41) is 0.